The van der Waals surface area contributed by atoms with Gasteiger partial charge < -0.3 is 29.2 Å². The Bertz CT molecular complexity index is 481. The largest absolute Gasteiger partial charge is 0.387 e. The van der Waals surface area contributed by atoms with Crippen molar-refractivity contribution in [1.82, 2.24) is 0 Å². The molecule has 0 radical (unpaired) electrons. The summed E-state index contributed by atoms with van der Waals surface area (Å²) in [6, 6.07) is 9.53. The van der Waals surface area contributed by atoms with Gasteiger partial charge in [0.1, 0.15) is 24.4 Å². The van der Waals surface area contributed by atoms with Crippen molar-refractivity contribution in [3.63, 3.8) is 0 Å². The lowest BCUT2D eigenvalue weighted by atomic mass is 9.92. The van der Waals surface area contributed by atoms with Crippen LogP contribution in [0, 0.1) is 0 Å². The number of fused-ring (bicyclic) bond motifs is 1. The molecule has 7 atom stereocenters. The van der Waals surface area contributed by atoms with Gasteiger partial charge in [0.15, 0.2) is 12.6 Å². The minimum atomic E-state index is -1.15. The van der Waals surface area contributed by atoms with Crippen molar-refractivity contribution in [3.8, 4) is 0 Å². The fourth-order valence-corrected chi connectivity index (χ4v) is 3.02. The minimum absolute atomic E-state index is 0.247. The molecular weight excluding hydrogens is 288 g/mol. The first-order chi connectivity index (χ1) is 10.7. The van der Waals surface area contributed by atoms with E-state index in [2.05, 4.69) is 0 Å². The van der Waals surface area contributed by atoms with E-state index in [0.29, 0.717) is 6.42 Å². The highest BCUT2D eigenvalue weighted by Gasteiger charge is 2.52. The van der Waals surface area contributed by atoms with Crippen LogP contribution in [0.3, 0.4) is 0 Å². The predicted octanol–water partition coefficient (Wildman–Crippen LogP) is 0.972. The third kappa shape index (κ3) is 2.78. The molecule has 122 valence electrons. The molecule has 2 aliphatic rings. The monoisotopic (exact) mass is 310 g/mol. The van der Waals surface area contributed by atoms with Crippen LogP contribution in [0.25, 0.3) is 0 Å². The quantitative estimate of drug-likeness (QED) is 0.866. The maximum atomic E-state index is 10.4. The van der Waals surface area contributed by atoms with Crippen LogP contribution in [-0.2, 0) is 18.9 Å². The molecular formula is C16H22O6. The number of hydrogen-bond acceptors (Lipinski definition) is 6. The third-order valence-corrected chi connectivity index (χ3v) is 4.23. The molecule has 0 aliphatic carbocycles. The van der Waals surface area contributed by atoms with E-state index in [9.17, 15) is 10.2 Å². The number of hydrogen-bond donors (Lipinski definition) is 2. The highest BCUT2D eigenvalue weighted by molar-refractivity contribution is 5.17. The summed E-state index contributed by atoms with van der Waals surface area (Å²) in [6.07, 6.45) is -4.40. The van der Waals surface area contributed by atoms with Crippen LogP contribution >= 0.6 is 0 Å². The van der Waals surface area contributed by atoms with E-state index in [0.717, 1.165) is 5.56 Å². The average molecular weight is 310 g/mol. The van der Waals surface area contributed by atoms with Crippen molar-refractivity contribution in [1.29, 1.82) is 0 Å². The molecule has 2 N–H and O–H groups in total. The van der Waals surface area contributed by atoms with Gasteiger partial charge in [-0.2, -0.15) is 0 Å². The average Bonchev–Trinajstić information content (AvgIpc) is 2.58. The van der Waals surface area contributed by atoms with Gasteiger partial charge >= 0.3 is 0 Å². The summed E-state index contributed by atoms with van der Waals surface area (Å²) in [7, 11) is 1.43. The summed E-state index contributed by atoms with van der Waals surface area (Å²) in [4.78, 5) is 0. The molecule has 2 saturated heterocycles. The molecule has 0 amide bonds. The number of ether oxygens (including phenoxy) is 4. The zero-order valence-electron chi connectivity index (χ0n) is 12.7. The first-order valence-electron chi connectivity index (χ1n) is 7.56. The molecule has 2 heterocycles. The molecule has 22 heavy (non-hydrogen) atoms. The number of benzene rings is 1. The first-order valence-corrected chi connectivity index (χ1v) is 7.56. The molecule has 6 heteroatoms. The van der Waals surface area contributed by atoms with E-state index in [1.54, 1.807) is 0 Å². The lowest BCUT2D eigenvalue weighted by molar-refractivity contribution is -0.376. The maximum absolute atomic E-state index is 10.4. The summed E-state index contributed by atoms with van der Waals surface area (Å²) in [5.74, 6) is 0. The highest BCUT2D eigenvalue weighted by Crippen LogP contribution is 2.38. The predicted molar refractivity (Wildman–Crippen MR) is 76.9 cm³/mol. The van der Waals surface area contributed by atoms with Crippen molar-refractivity contribution < 1.29 is 29.2 Å². The van der Waals surface area contributed by atoms with Crippen LogP contribution in [0.4, 0.5) is 0 Å². The van der Waals surface area contributed by atoms with Crippen LogP contribution in [-0.4, -0.2) is 54.1 Å². The second-order valence-corrected chi connectivity index (χ2v) is 5.61. The normalized spacial score (nSPS) is 41.9. The molecule has 0 unspecified atom stereocenters. The van der Waals surface area contributed by atoms with Gasteiger partial charge in [0.2, 0.25) is 0 Å². The molecule has 0 bridgehead atoms. The summed E-state index contributed by atoms with van der Waals surface area (Å²) in [5, 5.41) is 20.4. The van der Waals surface area contributed by atoms with E-state index >= 15 is 0 Å². The first kappa shape index (κ1) is 15.9. The van der Waals surface area contributed by atoms with Crippen LogP contribution in [0.15, 0.2) is 30.3 Å². The second-order valence-electron chi connectivity index (χ2n) is 5.61. The summed E-state index contributed by atoms with van der Waals surface area (Å²) in [6.45, 7) is 1.98. The Balaban J connectivity index is 1.84. The Morgan fingerprint density at radius 1 is 1.00 bits per heavy atom. The zero-order valence-corrected chi connectivity index (χ0v) is 12.7. The third-order valence-electron chi connectivity index (χ3n) is 4.23. The lowest BCUT2D eigenvalue weighted by Crippen LogP contribution is -2.64. The van der Waals surface area contributed by atoms with Crippen LogP contribution in [0.5, 0.6) is 0 Å². The fourth-order valence-electron chi connectivity index (χ4n) is 3.02. The van der Waals surface area contributed by atoms with E-state index in [1.165, 1.54) is 7.11 Å². The van der Waals surface area contributed by atoms with Gasteiger partial charge in [0.25, 0.3) is 0 Å². The summed E-state index contributed by atoms with van der Waals surface area (Å²) < 4.78 is 22.7. The second kappa shape index (κ2) is 6.62. The van der Waals surface area contributed by atoms with Crippen LogP contribution < -0.4 is 0 Å². The highest BCUT2D eigenvalue weighted by atomic mass is 16.8. The molecule has 1 aromatic rings. The number of methoxy groups -OCH3 is 1. The van der Waals surface area contributed by atoms with Gasteiger partial charge in [-0.3, -0.25) is 0 Å². The van der Waals surface area contributed by atoms with Gasteiger partial charge in [0, 0.05) is 12.7 Å². The smallest absolute Gasteiger partial charge is 0.186 e. The Morgan fingerprint density at radius 3 is 2.36 bits per heavy atom. The molecule has 2 fully saturated rings. The molecule has 0 aromatic heterocycles. The molecule has 0 spiro atoms. The number of aliphatic hydroxyl groups is 2. The van der Waals surface area contributed by atoms with Gasteiger partial charge in [-0.25, -0.2) is 0 Å². The van der Waals surface area contributed by atoms with Gasteiger partial charge in [-0.1, -0.05) is 37.3 Å². The minimum Gasteiger partial charge on any atom is -0.387 e. The van der Waals surface area contributed by atoms with E-state index in [-0.39, 0.29) is 6.10 Å². The van der Waals surface area contributed by atoms with Crippen molar-refractivity contribution in [2.24, 2.45) is 0 Å². The van der Waals surface area contributed by atoms with Crippen molar-refractivity contribution in [3.05, 3.63) is 35.9 Å². The molecule has 3 rings (SSSR count). The molecule has 2 aliphatic heterocycles. The van der Waals surface area contributed by atoms with E-state index < -0.39 is 37.0 Å². The number of rotatable bonds is 3. The topological polar surface area (TPSA) is 77.4 Å². The Morgan fingerprint density at radius 2 is 1.73 bits per heavy atom. The van der Waals surface area contributed by atoms with E-state index in [1.807, 2.05) is 37.3 Å². The molecule has 6 nitrogen and oxygen atoms in total. The van der Waals surface area contributed by atoms with Crippen LogP contribution in [0.2, 0.25) is 0 Å². The standard InChI is InChI=1S/C16H22O6/c1-3-10-13-14(11(17)12(18)16(19-2)21-13)22-15(20-10)9-7-5-4-6-8-9/h4-8,10-18H,3H2,1-2H3/t10-,11+,12+,13+,14-,15+,16-/m0/s1. The molecule has 1 aromatic carbocycles. The zero-order chi connectivity index (χ0) is 15.7. The Hall–Kier alpha value is -1.02. The van der Waals surface area contributed by atoms with Crippen molar-refractivity contribution >= 4 is 0 Å². The van der Waals surface area contributed by atoms with E-state index in [4.69, 9.17) is 18.9 Å². The SMILES string of the molecule is CC[C@@H]1O[C@@H](c2ccccc2)O[C@H]2[C@H](O)[C@@H](O)[C@@H](OC)O[C@@H]21. The van der Waals surface area contributed by atoms with Gasteiger partial charge in [0.05, 0.1) is 6.10 Å². The van der Waals surface area contributed by atoms with Gasteiger partial charge in [-0.15, -0.1) is 0 Å². The van der Waals surface area contributed by atoms with Crippen LogP contribution in [0.1, 0.15) is 25.2 Å². The molecule has 0 saturated carbocycles. The Labute approximate surface area is 129 Å². The maximum Gasteiger partial charge on any atom is 0.186 e. The van der Waals surface area contributed by atoms with Crippen molar-refractivity contribution in [2.45, 2.75) is 56.4 Å². The Kier molecular flexibility index (Phi) is 4.77. The number of aliphatic hydroxyl groups excluding tert-OH is 2. The van der Waals surface area contributed by atoms with Crippen molar-refractivity contribution in [2.75, 3.05) is 7.11 Å². The summed E-state index contributed by atoms with van der Waals surface area (Å²) >= 11 is 0. The fraction of sp³-hybridized carbons (Fsp3) is 0.625. The lowest BCUT2D eigenvalue weighted by Gasteiger charge is -2.49. The van der Waals surface area contributed by atoms with Gasteiger partial charge in [-0.05, 0) is 6.42 Å². The summed E-state index contributed by atoms with van der Waals surface area (Å²) in [5.41, 5.74) is 0.870.